The molecule has 4 rings (SSSR count). The summed E-state index contributed by atoms with van der Waals surface area (Å²) < 4.78 is 6.03. The van der Waals surface area contributed by atoms with Crippen LogP contribution in [0.3, 0.4) is 0 Å². The maximum atomic E-state index is 13.1. The molecule has 0 saturated carbocycles. The van der Waals surface area contributed by atoms with Crippen molar-refractivity contribution in [3.05, 3.63) is 46.7 Å². The average molecular weight is 398 g/mol. The summed E-state index contributed by atoms with van der Waals surface area (Å²) in [6.45, 7) is 6.13. The number of hydrogen-bond acceptors (Lipinski definition) is 7. The van der Waals surface area contributed by atoms with Gasteiger partial charge >= 0.3 is 0 Å². The monoisotopic (exact) mass is 397 g/mol. The van der Waals surface area contributed by atoms with E-state index in [0.29, 0.717) is 37.3 Å². The fraction of sp³-hybridized carbons (Fsp3) is 0.400. The van der Waals surface area contributed by atoms with E-state index < -0.39 is 0 Å². The zero-order chi connectivity index (χ0) is 19.7. The zero-order valence-corrected chi connectivity index (χ0v) is 17.0. The number of ether oxygens (including phenoxy) is 1. The molecule has 3 aromatic heterocycles. The third kappa shape index (κ3) is 3.70. The van der Waals surface area contributed by atoms with E-state index in [1.807, 2.05) is 43.1 Å². The van der Waals surface area contributed by atoms with Gasteiger partial charge in [0.15, 0.2) is 5.69 Å². The summed E-state index contributed by atoms with van der Waals surface area (Å²) in [4.78, 5) is 29.4. The lowest BCUT2D eigenvalue weighted by molar-refractivity contribution is 0.0267. The smallest absolute Gasteiger partial charge is 0.274 e. The van der Waals surface area contributed by atoms with Gasteiger partial charge in [-0.25, -0.2) is 9.97 Å². The van der Waals surface area contributed by atoms with Crippen molar-refractivity contribution in [2.75, 3.05) is 32.1 Å². The van der Waals surface area contributed by atoms with Crippen LogP contribution >= 0.6 is 11.3 Å². The molecule has 1 saturated heterocycles. The molecule has 1 aliphatic rings. The fourth-order valence-corrected chi connectivity index (χ4v) is 4.33. The summed E-state index contributed by atoms with van der Waals surface area (Å²) in [5, 5.41) is 3.31. The van der Waals surface area contributed by atoms with Crippen molar-refractivity contribution in [1.29, 1.82) is 0 Å². The van der Waals surface area contributed by atoms with Crippen LogP contribution in [0.25, 0.3) is 10.2 Å². The number of likely N-dealkylation sites (tertiary alicyclic amines) is 1. The highest BCUT2D eigenvalue weighted by Gasteiger charge is 2.33. The highest BCUT2D eigenvalue weighted by Crippen LogP contribution is 2.30. The van der Waals surface area contributed by atoms with Gasteiger partial charge in [-0.05, 0) is 31.5 Å². The number of aryl methyl sites for hydroxylation is 1. The van der Waals surface area contributed by atoms with Crippen molar-refractivity contribution in [2.45, 2.75) is 19.9 Å². The Morgan fingerprint density at radius 3 is 2.96 bits per heavy atom. The van der Waals surface area contributed by atoms with Crippen LogP contribution in [0, 0.1) is 12.8 Å². The van der Waals surface area contributed by atoms with E-state index in [1.54, 1.807) is 24.6 Å². The van der Waals surface area contributed by atoms with Crippen molar-refractivity contribution >= 4 is 33.4 Å². The summed E-state index contributed by atoms with van der Waals surface area (Å²) in [7, 11) is 1.69. The minimum Gasteiger partial charge on any atom is -0.384 e. The predicted octanol–water partition coefficient (Wildman–Crippen LogP) is 3.29. The molecule has 3 aromatic rings. The van der Waals surface area contributed by atoms with Crippen LogP contribution in [0.2, 0.25) is 0 Å². The topological polar surface area (TPSA) is 80.2 Å². The Hall–Kier alpha value is -2.58. The van der Waals surface area contributed by atoms with Crippen molar-refractivity contribution in [3.63, 3.8) is 0 Å². The molecular formula is C20H23N5O2S. The van der Waals surface area contributed by atoms with E-state index in [0.717, 1.165) is 20.7 Å². The number of carbonyl (C=O) groups excluding carboxylic acids is 1. The van der Waals surface area contributed by atoms with E-state index in [4.69, 9.17) is 4.74 Å². The lowest BCUT2D eigenvalue weighted by Crippen LogP contribution is -2.51. The summed E-state index contributed by atoms with van der Waals surface area (Å²) >= 11 is 1.56. The number of amides is 1. The highest BCUT2D eigenvalue weighted by molar-refractivity contribution is 7.19. The Bertz CT molecular complexity index is 985. The number of thiophene rings is 1. The van der Waals surface area contributed by atoms with Gasteiger partial charge in [0.2, 0.25) is 5.95 Å². The third-order valence-electron chi connectivity index (χ3n) is 4.87. The second-order valence-electron chi connectivity index (χ2n) is 7.15. The average Bonchev–Trinajstić information content (AvgIpc) is 3.04. The minimum atomic E-state index is -0.0429. The number of carbonyl (C=O) groups is 1. The molecule has 146 valence electrons. The number of anilines is 1. The number of nitrogens with zero attached hydrogens (tertiary/aromatic N) is 4. The standard InChI is InChI=1S/C20H23N5O2S/c1-12-7-16-18(28-12)17(19(26)25-9-14(10-25)11-27-3)24-20(23-16)22-13(2)15-5-4-6-21-8-15/h4-8,13-14H,9-11H2,1-3H3,(H,22,23,24)/t13-/m0/s1. The molecule has 0 aromatic carbocycles. The largest absolute Gasteiger partial charge is 0.384 e. The summed E-state index contributed by atoms with van der Waals surface area (Å²) in [5.41, 5.74) is 2.31. The summed E-state index contributed by atoms with van der Waals surface area (Å²) in [6, 6.07) is 5.88. The zero-order valence-electron chi connectivity index (χ0n) is 16.2. The highest BCUT2D eigenvalue weighted by atomic mass is 32.1. The first-order valence-electron chi connectivity index (χ1n) is 9.28. The molecule has 28 heavy (non-hydrogen) atoms. The third-order valence-corrected chi connectivity index (χ3v) is 5.92. The Morgan fingerprint density at radius 2 is 2.25 bits per heavy atom. The van der Waals surface area contributed by atoms with E-state index in [-0.39, 0.29) is 11.9 Å². The van der Waals surface area contributed by atoms with Crippen LogP contribution in [0.15, 0.2) is 30.6 Å². The summed E-state index contributed by atoms with van der Waals surface area (Å²) in [5.74, 6) is 0.817. The molecule has 0 spiro atoms. The molecule has 0 unspecified atom stereocenters. The van der Waals surface area contributed by atoms with Gasteiger partial charge in [-0.15, -0.1) is 11.3 Å². The maximum Gasteiger partial charge on any atom is 0.274 e. The van der Waals surface area contributed by atoms with E-state index in [2.05, 4.69) is 20.3 Å². The van der Waals surface area contributed by atoms with Gasteiger partial charge in [-0.3, -0.25) is 9.78 Å². The van der Waals surface area contributed by atoms with Gasteiger partial charge < -0.3 is 15.0 Å². The number of fused-ring (bicyclic) bond motifs is 1. The van der Waals surface area contributed by atoms with Crippen LogP contribution in [0.1, 0.15) is 33.9 Å². The normalized spacial score (nSPS) is 15.5. The Balaban J connectivity index is 1.61. The molecule has 1 amide bonds. The first-order valence-corrected chi connectivity index (χ1v) is 10.1. The van der Waals surface area contributed by atoms with Gasteiger partial charge in [-0.2, -0.15) is 0 Å². The minimum absolute atomic E-state index is 0.0241. The molecule has 1 aliphatic heterocycles. The van der Waals surface area contributed by atoms with Crippen molar-refractivity contribution in [2.24, 2.45) is 5.92 Å². The second kappa shape index (κ2) is 7.81. The lowest BCUT2D eigenvalue weighted by Gasteiger charge is -2.38. The van der Waals surface area contributed by atoms with E-state index in [1.165, 1.54) is 0 Å². The quantitative estimate of drug-likeness (QED) is 0.688. The molecule has 0 radical (unpaired) electrons. The number of hydrogen-bond donors (Lipinski definition) is 1. The first-order chi connectivity index (χ1) is 13.5. The van der Waals surface area contributed by atoms with E-state index >= 15 is 0 Å². The molecule has 1 N–H and O–H groups in total. The predicted molar refractivity (Wildman–Crippen MR) is 110 cm³/mol. The number of rotatable bonds is 6. The van der Waals surface area contributed by atoms with Gasteiger partial charge in [0, 0.05) is 43.4 Å². The van der Waals surface area contributed by atoms with Gasteiger partial charge in [0.25, 0.3) is 5.91 Å². The Kier molecular flexibility index (Phi) is 5.23. The van der Waals surface area contributed by atoms with Crippen molar-refractivity contribution < 1.29 is 9.53 Å². The van der Waals surface area contributed by atoms with Crippen LogP contribution in [-0.2, 0) is 4.74 Å². The molecule has 0 bridgehead atoms. The van der Waals surface area contributed by atoms with Crippen LogP contribution in [0.4, 0.5) is 5.95 Å². The number of nitrogens with one attached hydrogen (secondary N) is 1. The Morgan fingerprint density at radius 1 is 1.43 bits per heavy atom. The summed E-state index contributed by atoms with van der Waals surface area (Å²) in [6.07, 6.45) is 3.56. The number of methoxy groups -OCH3 is 1. The van der Waals surface area contributed by atoms with Crippen LogP contribution in [0.5, 0.6) is 0 Å². The lowest BCUT2D eigenvalue weighted by atomic mass is 10.0. The van der Waals surface area contributed by atoms with Crippen molar-refractivity contribution in [1.82, 2.24) is 19.9 Å². The molecular weight excluding hydrogens is 374 g/mol. The molecule has 8 heteroatoms. The Labute approximate surface area is 167 Å². The second-order valence-corrected chi connectivity index (χ2v) is 8.41. The first kappa shape index (κ1) is 18.8. The molecule has 1 atom stereocenters. The molecule has 0 aliphatic carbocycles. The molecule has 7 nitrogen and oxygen atoms in total. The fourth-order valence-electron chi connectivity index (χ4n) is 3.39. The van der Waals surface area contributed by atoms with E-state index in [9.17, 15) is 4.79 Å². The number of aromatic nitrogens is 3. The van der Waals surface area contributed by atoms with Crippen LogP contribution in [-0.4, -0.2) is 52.6 Å². The maximum absolute atomic E-state index is 13.1. The van der Waals surface area contributed by atoms with Crippen LogP contribution < -0.4 is 5.32 Å². The molecule has 4 heterocycles. The van der Waals surface area contributed by atoms with Crippen molar-refractivity contribution in [3.8, 4) is 0 Å². The molecule has 1 fully saturated rings. The van der Waals surface area contributed by atoms with Gasteiger partial charge in [-0.1, -0.05) is 6.07 Å². The van der Waals surface area contributed by atoms with Gasteiger partial charge in [0.1, 0.15) is 0 Å². The SMILES string of the molecule is COCC1CN(C(=O)c2nc(N[C@@H](C)c3cccnc3)nc3cc(C)sc23)C1. The van der Waals surface area contributed by atoms with Gasteiger partial charge in [0.05, 0.1) is 22.9 Å². The number of pyridine rings is 1.